The van der Waals surface area contributed by atoms with Crippen molar-refractivity contribution in [3.8, 4) is 135 Å². The average Bonchev–Trinajstić information content (AvgIpc) is 1.55. The van der Waals surface area contributed by atoms with Crippen LogP contribution in [0.2, 0.25) is 0 Å². The van der Waals surface area contributed by atoms with Gasteiger partial charge in [0.2, 0.25) is 0 Å². The van der Waals surface area contributed by atoms with Gasteiger partial charge >= 0.3 is 0 Å². The van der Waals surface area contributed by atoms with Crippen molar-refractivity contribution in [3.63, 3.8) is 0 Å². The number of aromatic nitrogens is 8. The Morgan fingerprint density at radius 3 is 1.08 bits per heavy atom. The van der Waals surface area contributed by atoms with Gasteiger partial charge in [-0.1, -0.05) is 334 Å². The fourth-order valence-corrected chi connectivity index (χ4v) is 19.7. The Labute approximate surface area is 733 Å². The summed E-state index contributed by atoms with van der Waals surface area (Å²) in [6, 6.07) is 151. The Bertz CT molecular complexity index is 9050. The average molecular weight is 1630 g/mol. The zero-order chi connectivity index (χ0) is 84.0. The van der Waals surface area contributed by atoms with E-state index >= 15 is 0 Å². The molecule has 0 aliphatic rings. The first-order chi connectivity index (χ1) is 63.4. The number of hydrogen-bond donors (Lipinski definition) is 0. The molecule has 0 amide bonds. The molecule has 0 radical (unpaired) electrons. The number of fused-ring (bicyclic) bond motifs is 18. The highest BCUT2D eigenvalue weighted by Crippen LogP contribution is 2.48. The van der Waals surface area contributed by atoms with Crippen molar-refractivity contribution in [2.24, 2.45) is 0 Å². The van der Waals surface area contributed by atoms with Crippen molar-refractivity contribution < 1.29 is 8.83 Å². The van der Waals surface area contributed by atoms with Crippen LogP contribution >= 0.6 is 0 Å². The number of nitrogens with zero attached hydrogens (tertiary/aromatic N) is 8. The van der Waals surface area contributed by atoms with E-state index in [0.717, 1.165) is 198 Å². The molecule has 128 heavy (non-hydrogen) atoms. The van der Waals surface area contributed by atoms with Crippen LogP contribution in [0, 0.1) is 0 Å². The molecule has 0 saturated heterocycles. The van der Waals surface area contributed by atoms with E-state index in [4.69, 9.17) is 38.7 Å². The van der Waals surface area contributed by atoms with Crippen LogP contribution in [0.3, 0.4) is 0 Å². The number of furan rings is 2. The third kappa shape index (κ3) is 11.9. The number of para-hydroxylation sites is 4. The summed E-state index contributed by atoms with van der Waals surface area (Å²) in [4.78, 5) is 32.6. The minimum atomic E-state index is 0.506. The van der Waals surface area contributed by atoms with Gasteiger partial charge in [0.05, 0.1) is 33.2 Å². The summed E-state index contributed by atoms with van der Waals surface area (Å²) in [7, 11) is 0. The molecule has 6 aromatic heterocycles. The molecular formula is C118H70N8O2. The Balaban J connectivity index is 0.565. The second-order valence-electron chi connectivity index (χ2n) is 33.2. The summed E-state index contributed by atoms with van der Waals surface area (Å²) in [6.07, 6.45) is 0. The molecule has 10 nitrogen and oxygen atoms in total. The molecule has 0 unspecified atom stereocenters. The highest BCUT2D eigenvalue weighted by atomic mass is 16.3. The van der Waals surface area contributed by atoms with Crippen molar-refractivity contribution in [2.45, 2.75) is 0 Å². The molecule has 26 aromatic rings. The molecule has 26 rings (SSSR count). The van der Waals surface area contributed by atoms with Gasteiger partial charge in [-0.3, -0.25) is 0 Å². The van der Waals surface area contributed by atoms with Crippen molar-refractivity contribution in [2.75, 3.05) is 0 Å². The fraction of sp³-hybridized carbons (Fsp3) is 0. The van der Waals surface area contributed by atoms with Gasteiger partial charge in [0.1, 0.15) is 22.3 Å². The second kappa shape index (κ2) is 29.2. The quantitative estimate of drug-likeness (QED) is 0.112. The SMILES string of the molecule is c1ccc(-c2ccc(-c3nc(-c4ccccc4-c4ccccc4)nc(-c4cc5cc(-n6c7ccccc7c7cc8c(-c9ccc(-c%10ccc(-c%11nc(-c%12cccc(-c%13ccccc%13)c%12)nc(-c%12cc%13cc(-n%14c%15ccccc%15c%15cc%16ccccc%16cc%15%14)ccc%13c%13c%12oc%12ccccc%12%13)n%11)cc%10)cc9)cccc8cc76)ccc5c5c4oc4ccccc45)n3)cc2)cc1. The van der Waals surface area contributed by atoms with Crippen LogP contribution in [0.1, 0.15) is 0 Å². The van der Waals surface area contributed by atoms with E-state index in [1.54, 1.807) is 0 Å². The number of hydrogen-bond acceptors (Lipinski definition) is 8. The largest absolute Gasteiger partial charge is 0.455 e. The van der Waals surface area contributed by atoms with Crippen LogP contribution in [0.5, 0.6) is 0 Å². The third-order valence-corrected chi connectivity index (χ3v) is 25.8. The molecule has 0 aliphatic heterocycles. The predicted octanol–water partition coefficient (Wildman–Crippen LogP) is 31.0. The molecule has 0 aliphatic carbocycles. The lowest BCUT2D eigenvalue weighted by atomic mass is 9.95. The van der Waals surface area contributed by atoms with Crippen molar-refractivity contribution in [1.29, 1.82) is 0 Å². The van der Waals surface area contributed by atoms with Gasteiger partial charge in [-0.25, -0.2) is 29.9 Å². The van der Waals surface area contributed by atoms with E-state index < -0.39 is 0 Å². The Morgan fingerprint density at radius 1 is 0.164 bits per heavy atom. The molecule has 0 saturated carbocycles. The van der Waals surface area contributed by atoms with Gasteiger partial charge in [-0.05, 0) is 190 Å². The normalized spacial score (nSPS) is 11.9. The molecule has 20 aromatic carbocycles. The van der Waals surface area contributed by atoms with E-state index in [-0.39, 0.29) is 0 Å². The van der Waals surface area contributed by atoms with Gasteiger partial charge in [0, 0.05) is 76.7 Å². The van der Waals surface area contributed by atoms with Gasteiger partial charge in [-0.2, -0.15) is 0 Å². The van der Waals surface area contributed by atoms with Crippen LogP contribution in [0.25, 0.3) is 266 Å². The standard InChI is InChI=1S/C118H70N8O2/c1-4-24-71(25-5-1)73-48-54-79(55-49-73)114-120-116(95-38-13-12-35-89(95)76-28-8-3-9-29-76)124-118(122-114)102-67-86-64-88(59-61-92(86)110-97-40-17-21-45-108(97)128-112(102)110)126-104-43-19-15-37-94(104)100-70-98-83(69-106(100)126)33-23-41-90(98)77-52-46-74(47-53-77)75-50-56-78(57-51-75)113-119-115(84-34-22-32-80(62-84)72-26-6-2-7-27-72)123-117(121-113)101-66-85-63-87(58-60-91(85)109-96-39-16-20-44-107(96)127-111(101)109)125-103-42-18-14-36-93(103)99-65-81-30-10-11-31-82(81)68-105(99)125/h1-70H. The molecule has 0 fully saturated rings. The molecular weight excluding hydrogens is 1560 g/mol. The lowest BCUT2D eigenvalue weighted by Crippen LogP contribution is -2.01. The maximum absolute atomic E-state index is 7.01. The molecule has 6 heterocycles. The fourth-order valence-electron chi connectivity index (χ4n) is 19.7. The predicted molar refractivity (Wildman–Crippen MR) is 526 cm³/mol. The van der Waals surface area contributed by atoms with Gasteiger partial charge in [0.15, 0.2) is 34.9 Å². The highest BCUT2D eigenvalue weighted by molar-refractivity contribution is 6.25. The summed E-state index contributed by atoms with van der Waals surface area (Å²) in [5.74, 6) is 3.22. The van der Waals surface area contributed by atoms with Gasteiger partial charge < -0.3 is 18.0 Å². The lowest BCUT2D eigenvalue weighted by molar-refractivity contribution is 0.669. The molecule has 10 heteroatoms. The zero-order valence-electron chi connectivity index (χ0n) is 68.8. The molecule has 0 spiro atoms. The Kier molecular flexibility index (Phi) is 16.5. The maximum Gasteiger partial charge on any atom is 0.167 e. The molecule has 0 atom stereocenters. The van der Waals surface area contributed by atoms with Crippen LogP contribution in [-0.4, -0.2) is 39.0 Å². The van der Waals surface area contributed by atoms with Crippen molar-refractivity contribution in [1.82, 2.24) is 39.0 Å². The summed E-state index contributed by atoms with van der Waals surface area (Å²) in [5.41, 5.74) is 25.5. The van der Waals surface area contributed by atoms with Crippen molar-refractivity contribution in [3.05, 3.63) is 425 Å². The molecule has 0 bridgehead atoms. The maximum atomic E-state index is 7.01. The van der Waals surface area contributed by atoms with Crippen LogP contribution < -0.4 is 0 Å². The van der Waals surface area contributed by atoms with E-state index in [0.29, 0.717) is 46.1 Å². The minimum absolute atomic E-state index is 0.506. The van der Waals surface area contributed by atoms with Crippen LogP contribution in [0.15, 0.2) is 433 Å². The second-order valence-corrected chi connectivity index (χ2v) is 33.2. The number of benzene rings is 20. The Hall–Kier alpha value is -17.3. The summed E-state index contributed by atoms with van der Waals surface area (Å²) in [6.45, 7) is 0. The Morgan fingerprint density at radius 2 is 0.523 bits per heavy atom. The first-order valence-electron chi connectivity index (χ1n) is 43.3. The van der Waals surface area contributed by atoms with E-state index in [1.165, 1.54) is 21.5 Å². The van der Waals surface area contributed by atoms with E-state index in [1.807, 2.05) is 42.5 Å². The summed E-state index contributed by atoms with van der Waals surface area (Å²) < 4.78 is 18.8. The van der Waals surface area contributed by atoms with Gasteiger partial charge in [0.25, 0.3) is 0 Å². The highest BCUT2D eigenvalue weighted by Gasteiger charge is 2.27. The molecule has 594 valence electrons. The monoisotopic (exact) mass is 1630 g/mol. The van der Waals surface area contributed by atoms with E-state index in [2.05, 4.69) is 391 Å². The third-order valence-electron chi connectivity index (χ3n) is 25.8. The lowest BCUT2D eigenvalue weighted by Gasteiger charge is -2.14. The summed E-state index contributed by atoms with van der Waals surface area (Å²) in [5, 5.41) is 17.6. The first-order valence-corrected chi connectivity index (χ1v) is 43.3. The van der Waals surface area contributed by atoms with Crippen molar-refractivity contribution >= 4 is 131 Å². The number of rotatable bonds is 13. The van der Waals surface area contributed by atoms with Gasteiger partial charge in [-0.15, -0.1) is 0 Å². The zero-order valence-corrected chi connectivity index (χ0v) is 68.8. The smallest absolute Gasteiger partial charge is 0.167 e. The van der Waals surface area contributed by atoms with Crippen LogP contribution in [0.4, 0.5) is 0 Å². The van der Waals surface area contributed by atoms with E-state index in [9.17, 15) is 0 Å². The topological polar surface area (TPSA) is 113 Å². The summed E-state index contributed by atoms with van der Waals surface area (Å²) >= 11 is 0. The first kappa shape index (κ1) is 72.3. The minimum Gasteiger partial charge on any atom is -0.455 e. The molecule has 0 N–H and O–H groups in total. The van der Waals surface area contributed by atoms with Crippen LogP contribution in [-0.2, 0) is 0 Å².